The summed E-state index contributed by atoms with van der Waals surface area (Å²) >= 11 is 0. The average Bonchev–Trinajstić information content (AvgIpc) is 2.41. The van der Waals surface area contributed by atoms with Crippen molar-refractivity contribution in [3.05, 3.63) is 63.7 Å². The number of nitro benzene ring substituents is 1. The van der Waals surface area contributed by atoms with Crippen molar-refractivity contribution in [2.24, 2.45) is 0 Å². The van der Waals surface area contributed by atoms with E-state index in [1.165, 1.54) is 43.5 Å². The quantitative estimate of drug-likeness (QED) is 0.530. The summed E-state index contributed by atoms with van der Waals surface area (Å²) in [6.07, 6.45) is 1.23. The maximum absolute atomic E-state index is 13.4. The van der Waals surface area contributed by atoms with Crippen LogP contribution in [0, 0.1) is 23.0 Å². The van der Waals surface area contributed by atoms with Crippen molar-refractivity contribution in [1.29, 1.82) is 0 Å². The van der Waals surface area contributed by atoms with Gasteiger partial charge in [-0.15, -0.1) is 0 Å². The lowest BCUT2D eigenvalue weighted by Crippen LogP contribution is -2.15. The van der Waals surface area contributed by atoms with Crippen LogP contribution >= 0.6 is 0 Å². The van der Waals surface area contributed by atoms with Gasteiger partial charge in [0.2, 0.25) is 5.95 Å². The summed E-state index contributed by atoms with van der Waals surface area (Å²) in [5.41, 5.74) is 0.218. The SMILES string of the molecule is Cc1c(NC(=O)c2cccnc2F)cccc1[N+](=O)[O-]. The van der Waals surface area contributed by atoms with Crippen LogP contribution in [-0.4, -0.2) is 15.8 Å². The van der Waals surface area contributed by atoms with Gasteiger partial charge in [0, 0.05) is 12.3 Å². The average molecular weight is 275 g/mol. The number of rotatable bonds is 3. The van der Waals surface area contributed by atoms with Gasteiger partial charge >= 0.3 is 0 Å². The predicted octanol–water partition coefficient (Wildman–Crippen LogP) is 2.69. The van der Waals surface area contributed by atoms with Crippen molar-refractivity contribution in [3.63, 3.8) is 0 Å². The van der Waals surface area contributed by atoms with Crippen LogP contribution in [0.1, 0.15) is 15.9 Å². The van der Waals surface area contributed by atoms with Crippen molar-refractivity contribution in [2.75, 3.05) is 5.32 Å². The minimum absolute atomic E-state index is 0.116. The molecular formula is C13H10FN3O3. The molecule has 0 aliphatic heterocycles. The van der Waals surface area contributed by atoms with E-state index < -0.39 is 16.8 Å². The lowest BCUT2D eigenvalue weighted by Gasteiger charge is -2.08. The van der Waals surface area contributed by atoms with Crippen LogP contribution in [0.2, 0.25) is 0 Å². The number of amides is 1. The fourth-order valence-corrected chi connectivity index (χ4v) is 1.70. The highest BCUT2D eigenvalue weighted by Crippen LogP contribution is 2.25. The summed E-state index contributed by atoms with van der Waals surface area (Å²) in [6.45, 7) is 1.51. The number of benzene rings is 1. The van der Waals surface area contributed by atoms with Crippen LogP contribution in [-0.2, 0) is 0 Å². The third-order valence-electron chi connectivity index (χ3n) is 2.75. The van der Waals surface area contributed by atoms with Gasteiger partial charge in [0.25, 0.3) is 11.6 Å². The smallest absolute Gasteiger partial charge is 0.274 e. The van der Waals surface area contributed by atoms with E-state index in [1.54, 1.807) is 0 Å². The Hall–Kier alpha value is -2.83. The van der Waals surface area contributed by atoms with E-state index >= 15 is 0 Å². The molecule has 0 saturated carbocycles. The van der Waals surface area contributed by atoms with E-state index in [0.717, 1.165) is 0 Å². The minimum Gasteiger partial charge on any atom is -0.321 e. The molecule has 6 nitrogen and oxygen atoms in total. The van der Waals surface area contributed by atoms with Gasteiger partial charge in [-0.1, -0.05) is 6.07 Å². The van der Waals surface area contributed by atoms with E-state index in [1.807, 2.05) is 0 Å². The zero-order valence-electron chi connectivity index (χ0n) is 10.5. The fourth-order valence-electron chi connectivity index (χ4n) is 1.70. The molecular weight excluding hydrogens is 265 g/mol. The van der Waals surface area contributed by atoms with Crippen molar-refractivity contribution in [3.8, 4) is 0 Å². The largest absolute Gasteiger partial charge is 0.321 e. The Kier molecular flexibility index (Phi) is 3.69. The summed E-state index contributed by atoms with van der Waals surface area (Å²) in [5.74, 6) is -1.60. The van der Waals surface area contributed by atoms with Gasteiger partial charge in [0.05, 0.1) is 21.7 Å². The lowest BCUT2D eigenvalue weighted by molar-refractivity contribution is -0.385. The number of hydrogen-bond donors (Lipinski definition) is 1. The maximum atomic E-state index is 13.4. The van der Waals surface area contributed by atoms with Gasteiger partial charge in [-0.25, -0.2) is 4.98 Å². The van der Waals surface area contributed by atoms with Gasteiger partial charge < -0.3 is 5.32 Å². The predicted molar refractivity (Wildman–Crippen MR) is 70.0 cm³/mol. The number of aromatic nitrogens is 1. The topological polar surface area (TPSA) is 85.1 Å². The third kappa shape index (κ3) is 2.61. The van der Waals surface area contributed by atoms with Gasteiger partial charge in [-0.2, -0.15) is 4.39 Å². The summed E-state index contributed by atoms with van der Waals surface area (Å²) in [5, 5.41) is 13.2. The third-order valence-corrected chi connectivity index (χ3v) is 2.75. The standard InChI is InChI=1S/C13H10FN3O3/c1-8-10(5-2-6-11(8)17(19)20)16-13(18)9-4-3-7-15-12(9)14/h2-7H,1H3,(H,16,18). The number of carbonyl (C=O) groups excluding carboxylic acids is 1. The Morgan fingerprint density at radius 3 is 2.75 bits per heavy atom. The number of hydrogen-bond acceptors (Lipinski definition) is 4. The molecule has 0 aliphatic carbocycles. The Bertz CT molecular complexity index is 688. The Morgan fingerprint density at radius 2 is 2.10 bits per heavy atom. The lowest BCUT2D eigenvalue weighted by atomic mass is 10.1. The number of nitrogens with zero attached hydrogens (tertiary/aromatic N) is 2. The van der Waals surface area contributed by atoms with Crippen LogP contribution in [0.5, 0.6) is 0 Å². The van der Waals surface area contributed by atoms with E-state index in [9.17, 15) is 19.3 Å². The van der Waals surface area contributed by atoms with E-state index in [-0.39, 0.29) is 16.9 Å². The highest BCUT2D eigenvalue weighted by Gasteiger charge is 2.17. The molecule has 0 aliphatic rings. The highest BCUT2D eigenvalue weighted by molar-refractivity contribution is 6.04. The summed E-state index contributed by atoms with van der Waals surface area (Å²) in [4.78, 5) is 25.5. The highest BCUT2D eigenvalue weighted by atomic mass is 19.1. The van der Waals surface area contributed by atoms with Crippen molar-refractivity contribution >= 4 is 17.3 Å². The zero-order chi connectivity index (χ0) is 14.7. The summed E-state index contributed by atoms with van der Waals surface area (Å²) in [6, 6.07) is 6.99. The molecule has 1 aromatic carbocycles. The monoisotopic (exact) mass is 275 g/mol. The van der Waals surface area contributed by atoms with Crippen LogP contribution in [0.4, 0.5) is 15.8 Å². The van der Waals surface area contributed by atoms with Gasteiger partial charge in [0.1, 0.15) is 0 Å². The normalized spacial score (nSPS) is 10.1. The van der Waals surface area contributed by atoms with Gasteiger partial charge in [-0.05, 0) is 25.1 Å². The molecule has 0 radical (unpaired) electrons. The van der Waals surface area contributed by atoms with E-state index in [0.29, 0.717) is 5.56 Å². The number of nitro groups is 1. The molecule has 102 valence electrons. The molecule has 1 N–H and O–H groups in total. The molecule has 2 aromatic rings. The number of halogens is 1. The molecule has 1 heterocycles. The first-order valence-corrected chi connectivity index (χ1v) is 5.66. The van der Waals surface area contributed by atoms with Gasteiger partial charge in [-0.3, -0.25) is 14.9 Å². The molecule has 2 rings (SSSR count). The summed E-state index contributed by atoms with van der Waals surface area (Å²) in [7, 11) is 0. The molecule has 0 saturated heterocycles. The first kappa shape index (κ1) is 13.6. The summed E-state index contributed by atoms with van der Waals surface area (Å²) < 4.78 is 13.4. The van der Waals surface area contributed by atoms with Crippen LogP contribution < -0.4 is 5.32 Å². The molecule has 0 fully saturated rings. The number of nitrogens with one attached hydrogen (secondary N) is 1. The van der Waals surface area contributed by atoms with E-state index in [2.05, 4.69) is 10.3 Å². The first-order chi connectivity index (χ1) is 9.50. The van der Waals surface area contributed by atoms with Gasteiger partial charge in [0.15, 0.2) is 0 Å². The molecule has 0 spiro atoms. The molecule has 0 bridgehead atoms. The van der Waals surface area contributed by atoms with Crippen molar-refractivity contribution in [1.82, 2.24) is 4.98 Å². The molecule has 1 aromatic heterocycles. The first-order valence-electron chi connectivity index (χ1n) is 5.66. The van der Waals surface area contributed by atoms with Crippen molar-refractivity contribution in [2.45, 2.75) is 6.92 Å². The Morgan fingerprint density at radius 1 is 1.35 bits per heavy atom. The number of pyridine rings is 1. The van der Waals surface area contributed by atoms with Crippen LogP contribution in [0.15, 0.2) is 36.5 Å². The molecule has 7 heteroatoms. The molecule has 20 heavy (non-hydrogen) atoms. The van der Waals surface area contributed by atoms with E-state index in [4.69, 9.17) is 0 Å². The molecule has 1 amide bonds. The zero-order valence-corrected chi connectivity index (χ0v) is 10.5. The molecule has 0 atom stereocenters. The Balaban J connectivity index is 2.32. The fraction of sp³-hybridized carbons (Fsp3) is 0.0769. The Labute approximate surface area is 113 Å². The number of anilines is 1. The number of carbonyl (C=O) groups is 1. The van der Waals surface area contributed by atoms with Crippen LogP contribution in [0.3, 0.4) is 0 Å². The molecule has 0 unspecified atom stereocenters. The second-order valence-electron chi connectivity index (χ2n) is 4.00. The van der Waals surface area contributed by atoms with Crippen LogP contribution in [0.25, 0.3) is 0 Å². The minimum atomic E-state index is -0.895. The maximum Gasteiger partial charge on any atom is 0.274 e. The van der Waals surface area contributed by atoms with Crippen molar-refractivity contribution < 1.29 is 14.1 Å². The second kappa shape index (κ2) is 5.43. The second-order valence-corrected chi connectivity index (χ2v) is 4.00.